The minimum absolute atomic E-state index is 0.0215. The number of benzene rings is 1. The third kappa shape index (κ3) is 2.93. The van der Waals surface area contributed by atoms with Gasteiger partial charge in [0.2, 0.25) is 0 Å². The second-order valence-electron chi connectivity index (χ2n) is 3.88. The average molecular weight is 325 g/mol. The summed E-state index contributed by atoms with van der Waals surface area (Å²) in [6.45, 7) is 0. The summed E-state index contributed by atoms with van der Waals surface area (Å²) in [7, 11) is -1.75. The molecule has 0 saturated heterocycles. The number of rotatable bonds is 2. The van der Waals surface area contributed by atoms with E-state index in [9.17, 15) is 13.2 Å². The SMILES string of the molecule is OB(O)c1cnn(-c2c(Cl)cc(C(F)(F)F)cc2Cl)c1. The van der Waals surface area contributed by atoms with E-state index in [1.54, 1.807) is 0 Å². The molecule has 2 rings (SSSR count). The largest absolute Gasteiger partial charge is 0.491 e. The molecule has 0 saturated carbocycles. The lowest BCUT2D eigenvalue weighted by Crippen LogP contribution is -2.28. The van der Waals surface area contributed by atoms with Gasteiger partial charge in [-0.25, -0.2) is 4.68 Å². The number of halogens is 5. The molecule has 0 spiro atoms. The van der Waals surface area contributed by atoms with Gasteiger partial charge in [0.1, 0.15) is 5.69 Å². The molecule has 0 fully saturated rings. The van der Waals surface area contributed by atoms with Crippen LogP contribution >= 0.6 is 23.2 Å². The molecule has 0 amide bonds. The molecule has 0 atom stereocenters. The molecule has 1 aromatic carbocycles. The molecule has 10 heteroatoms. The van der Waals surface area contributed by atoms with E-state index in [0.29, 0.717) is 0 Å². The van der Waals surface area contributed by atoms with Gasteiger partial charge in [-0.2, -0.15) is 18.3 Å². The molecule has 106 valence electrons. The van der Waals surface area contributed by atoms with Crippen LogP contribution in [0, 0.1) is 0 Å². The minimum atomic E-state index is -4.57. The average Bonchev–Trinajstić information content (AvgIpc) is 2.76. The van der Waals surface area contributed by atoms with Crippen LogP contribution < -0.4 is 5.46 Å². The Morgan fingerprint density at radius 3 is 2.10 bits per heavy atom. The molecule has 0 aliphatic heterocycles. The van der Waals surface area contributed by atoms with E-state index in [2.05, 4.69) is 5.10 Å². The molecule has 1 heterocycles. The summed E-state index contributed by atoms with van der Waals surface area (Å²) in [5.41, 5.74) is -0.906. The smallest absolute Gasteiger partial charge is 0.423 e. The molecule has 2 aromatic rings. The maximum atomic E-state index is 12.6. The van der Waals surface area contributed by atoms with Crippen molar-refractivity contribution in [1.82, 2.24) is 9.78 Å². The fraction of sp³-hybridized carbons (Fsp3) is 0.100. The summed E-state index contributed by atoms with van der Waals surface area (Å²) in [4.78, 5) is 0. The van der Waals surface area contributed by atoms with E-state index >= 15 is 0 Å². The predicted octanol–water partition coefficient (Wildman–Crippen LogP) is 1.88. The molecular weight excluding hydrogens is 319 g/mol. The van der Waals surface area contributed by atoms with Crippen LogP contribution in [-0.2, 0) is 6.18 Å². The van der Waals surface area contributed by atoms with Gasteiger partial charge in [0.15, 0.2) is 0 Å². The van der Waals surface area contributed by atoms with Gasteiger partial charge in [0.05, 0.1) is 15.6 Å². The van der Waals surface area contributed by atoms with E-state index in [1.165, 1.54) is 6.20 Å². The van der Waals surface area contributed by atoms with Crippen LogP contribution in [0.1, 0.15) is 5.56 Å². The first-order chi connectivity index (χ1) is 9.20. The minimum Gasteiger partial charge on any atom is -0.423 e. The van der Waals surface area contributed by atoms with Crippen LogP contribution in [0.3, 0.4) is 0 Å². The first-order valence-corrected chi connectivity index (χ1v) is 5.93. The highest BCUT2D eigenvalue weighted by atomic mass is 35.5. The summed E-state index contributed by atoms with van der Waals surface area (Å²) in [6.07, 6.45) is -2.23. The molecule has 0 aliphatic rings. The molecule has 20 heavy (non-hydrogen) atoms. The number of aromatic nitrogens is 2. The van der Waals surface area contributed by atoms with E-state index in [0.717, 1.165) is 23.0 Å². The second-order valence-corrected chi connectivity index (χ2v) is 4.69. The molecule has 0 radical (unpaired) electrons. The topological polar surface area (TPSA) is 58.3 Å². The van der Waals surface area contributed by atoms with Crippen LogP contribution in [0.2, 0.25) is 10.0 Å². The monoisotopic (exact) mass is 324 g/mol. The number of hydrogen-bond acceptors (Lipinski definition) is 3. The van der Waals surface area contributed by atoms with Crippen LogP contribution in [0.5, 0.6) is 0 Å². The first kappa shape index (κ1) is 15.2. The quantitative estimate of drug-likeness (QED) is 0.829. The van der Waals surface area contributed by atoms with Gasteiger partial charge >= 0.3 is 13.3 Å². The van der Waals surface area contributed by atoms with Gasteiger partial charge in [0.25, 0.3) is 0 Å². The van der Waals surface area contributed by atoms with E-state index in [1.807, 2.05) is 0 Å². The van der Waals surface area contributed by atoms with Crippen molar-refractivity contribution in [3.8, 4) is 5.69 Å². The van der Waals surface area contributed by atoms with Crippen molar-refractivity contribution in [2.24, 2.45) is 0 Å². The van der Waals surface area contributed by atoms with Crippen molar-refractivity contribution in [2.45, 2.75) is 6.18 Å². The molecule has 0 aliphatic carbocycles. The Hall–Kier alpha value is -1.22. The van der Waals surface area contributed by atoms with E-state index in [-0.39, 0.29) is 21.2 Å². The van der Waals surface area contributed by atoms with Gasteiger partial charge in [-0.05, 0) is 12.1 Å². The summed E-state index contributed by atoms with van der Waals surface area (Å²) in [5, 5.41) is 21.2. The Balaban J connectivity index is 2.52. The van der Waals surface area contributed by atoms with Gasteiger partial charge in [-0.1, -0.05) is 23.2 Å². The molecule has 4 nitrogen and oxygen atoms in total. The third-order valence-corrected chi connectivity index (χ3v) is 3.05. The van der Waals surface area contributed by atoms with Gasteiger partial charge in [-0.15, -0.1) is 0 Å². The normalized spacial score (nSPS) is 11.8. The Morgan fingerprint density at radius 2 is 1.70 bits per heavy atom. The summed E-state index contributed by atoms with van der Waals surface area (Å²) in [5.74, 6) is 0. The lowest BCUT2D eigenvalue weighted by atomic mass is 9.83. The molecule has 0 bridgehead atoms. The number of hydrogen-bond donors (Lipinski definition) is 2. The molecule has 2 N–H and O–H groups in total. The second kappa shape index (κ2) is 5.29. The van der Waals surface area contributed by atoms with Crippen LogP contribution in [0.25, 0.3) is 5.69 Å². The fourth-order valence-corrected chi connectivity index (χ4v) is 2.20. The van der Waals surface area contributed by atoms with Crippen LogP contribution in [0.15, 0.2) is 24.5 Å². The van der Waals surface area contributed by atoms with Crippen molar-refractivity contribution in [3.63, 3.8) is 0 Å². The molecular formula is C10H6BCl2F3N2O2. The zero-order valence-corrected chi connectivity index (χ0v) is 11.1. The highest BCUT2D eigenvalue weighted by molar-refractivity contribution is 6.58. The zero-order valence-electron chi connectivity index (χ0n) is 9.57. The highest BCUT2D eigenvalue weighted by Crippen LogP contribution is 2.37. The summed E-state index contributed by atoms with van der Waals surface area (Å²) < 4.78 is 38.8. The summed E-state index contributed by atoms with van der Waals surface area (Å²) in [6, 6.07) is 1.44. The Bertz CT molecular complexity index is 623. The van der Waals surface area contributed by atoms with Crippen molar-refractivity contribution in [2.75, 3.05) is 0 Å². The van der Waals surface area contributed by atoms with Crippen molar-refractivity contribution in [3.05, 3.63) is 40.1 Å². The van der Waals surface area contributed by atoms with Crippen LogP contribution in [0.4, 0.5) is 13.2 Å². The summed E-state index contributed by atoms with van der Waals surface area (Å²) >= 11 is 11.6. The van der Waals surface area contributed by atoms with Crippen molar-refractivity contribution in [1.29, 1.82) is 0 Å². The van der Waals surface area contributed by atoms with Gasteiger partial charge < -0.3 is 10.0 Å². The molecule has 0 unspecified atom stereocenters. The Labute approximate surface area is 121 Å². The third-order valence-electron chi connectivity index (χ3n) is 2.47. The fourth-order valence-electron chi connectivity index (χ4n) is 1.54. The Kier molecular flexibility index (Phi) is 4.01. The standard InChI is InChI=1S/C10H6BCl2F3N2O2/c12-7-1-5(10(14,15)16)2-8(13)9(7)18-4-6(3-17-18)11(19)20/h1-4,19-20H. The first-order valence-electron chi connectivity index (χ1n) is 5.17. The number of alkyl halides is 3. The predicted molar refractivity (Wildman–Crippen MR) is 68.4 cm³/mol. The maximum Gasteiger partial charge on any atom is 0.491 e. The lowest BCUT2D eigenvalue weighted by molar-refractivity contribution is -0.137. The molecule has 1 aromatic heterocycles. The van der Waals surface area contributed by atoms with Crippen molar-refractivity contribution < 1.29 is 23.2 Å². The van der Waals surface area contributed by atoms with Gasteiger partial charge in [-0.3, -0.25) is 0 Å². The Morgan fingerprint density at radius 1 is 1.15 bits per heavy atom. The van der Waals surface area contributed by atoms with E-state index in [4.69, 9.17) is 33.2 Å². The number of nitrogens with zero attached hydrogens (tertiary/aromatic N) is 2. The van der Waals surface area contributed by atoms with Gasteiger partial charge in [0, 0.05) is 17.9 Å². The zero-order chi connectivity index (χ0) is 15.1. The highest BCUT2D eigenvalue weighted by Gasteiger charge is 2.32. The van der Waals surface area contributed by atoms with E-state index < -0.39 is 18.9 Å². The van der Waals surface area contributed by atoms with Crippen molar-refractivity contribution >= 4 is 35.8 Å². The van der Waals surface area contributed by atoms with Crippen LogP contribution in [-0.4, -0.2) is 26.9 Å². The maximum absolute atomic E-state index is 12.6. The lowest BCUT2D eigenvalue weighted by Gasteiger charge is -2.12.